The quantitative estimate of drug-likeness (QED) is 0.341. The van der Waals surface area contributed by atoms with E-state index in [4.69, 9.17) is 10.5 Å². The number of ether oxygens (including phenoxy) is 1. The topological polar surface area (TPSA) is 156 Å². The number of carbonyl (C=O) groups excluding carboxylic acids is 1. The van der Waals surface area contributed by atoms with E-state index in [1.54, 1.807) is 0 Å². The van der Waals surface area contributed by atoms with Crippen LogP contribution in [0.25, 0.3) is 0 Å². The Hall–Kier alpha value is -2.57. The number of H-pyrrole nitrogens is 1. The lowest BCUT2D eigenvalue weighted by Gasteiger charge is -2.13. The highest BCUT2D eigenvalue weighted by Crippen LogP contribution is 2.28. The van der Waals surface area contributed by atoms with Gasteiger partial charge in [0.1, 0.15) is 16.2 Å². The van der Waals surface area contributed by atoms with Gasteiger partial charge >= 0.3 is 0 Å². The number of hydrogen-bond donors (Lipinski definition) is 5. The van der Waals surface area contributed by atoms with Crippen molar-refractivity contribution in [2.75, 3.05) is 19.5 Å². The van der Waals surface area contributed by atoms with Gasteiger partial charge < -0.3 is 20.8 Å². The maximum atomic E-state index is 11.9. The molecule has 0 aliphatic heterocycles. The fourth-order valence-corrected chi connectivity index (χ4v) is 3.07. The normalized spacial score (nSPS) is 11.2. The third kappa shape index (κ3) is 3.92. The fourth-order valence-electron chi connectivity index (χ4n) is 1.99. The van der Waals surface area contributed by atoms with Gasteiger partial charge in [-0.05, 0) is 19.2 Å². The van der Waals surface area contributed by atoms with Gasteiger partial charge in [0.2, 0.25) is 10.0 Å². The van der Waals surface area contributed by atoms with Gasteiger partial charge in [-0.25, -0.2) is 18.1 Å². The van der Waals surface area contributed by atoms with E-state index in [-0.39, 0.29) is 27.2 Å². The van der Waals surface area contributed by atoms with Crippen LogP contribution in [0.3, 0.4) is 0 Å². The van der Waals surface area contributed by atoms with E-state index in [2.05, 4.69) is 32.6 Å². The van der Waals surface area contributed by atoms with Crippen LogP contribution in [-0.4, -0.2) is 38.5 Å². The number of anilines is 2. The molecule has 2 aromatic rings. The number of benzene rings is 1. The molecule has 1 heterocycles. The lowest BCUT2D eigenvalue weighted by Crippen LogP contribution is -2.26. The summed E-state index contributed by atoms with van der Waals surface area (Å²) >= 11 is 3.94. The molecule has 0 bridgehead atoms. The summed E-state index contributed by atoms with van der Waals surface area (Å²) in [6.45, 7) is 0. The highest BCUT2D eigenvalue weighted by molar-refractivity contribution is 7.89. The van der Waals surface area contributed by atoms with Crippen LogP contribution in [0.15, 0.2) is 33.0 Å². The summed E-state index contributed by atoms with van der Waals surface area (Å²) in [6.07, 6.45) is 0. The summed E-state index contributed by atoms with van der Waals surface area (Å²) in [5, 5.41) is 2.70. The van der Waals surface area contributed by atoms with Gasteiger partial charge in [-0.2, -0.15) is 0 Å². The Morgan fingerprint density at radius 3 is 2.64 bits per heavy atom. The number of primary amides is 1. The molecule has 25 heavy (non-hydrogen) atoms. The molecule has 5 N–H and O–H groups in total. The monoisotopic (exact) mass is 385 g/mol. The number of nitrogens with zero attached hydrogens (tertiary/aromatic N) is 1. The second-order valence-electron chi connectivity index (χ2n) is 4.68. The molecule has 1 aromatic carbocycles. The Morgan fingerprint density at radius 2 is 2.08 bits per heavy atom. The van der Waals surface area contributed by atoms with Crippen molar-refractivity contribution in [1.82, 2.24) is 14.7 Å². The molecule has 1 amide bonds. The molecule has 134 valence electrons. The molecule has 10 nitrogen and oxygen atoms in total. The number of aromatic nitrogens is 2. The fraction of sp³-hybridized carbons (Fsp3) is 0.154. The Balaban J connectivity index is 2.53. The number of carbonyl (C=O) groups is 1. The number of rotatable bonds is 6. The first-order valence-electron chi connectivity index (χ1n) is 6.71. The van der Waals surface area contributed by atoms with E-state index in [0.29, 0.717) is 5.69 Å². The van der Waals surface area contributed by atoms with E-state index in [1.807, 2.05) is 0 Å². The summed E-state index contributed by atoms with van der Waals surface area (Å²) < 4.78 is 31.2. The van der Waals surface area contributed by atoms with Crippen LogP contribution in [0, 0.1) is 0 Å². The SMILES string of the molecule is CNS(=O)(=O)c1ccc(Nc2nc(S)[nH]c(=O)c2C(N)=O)cc1OC. The largest absolute Gasteiger partial charge is 0.495 e. The summed E-state index contributed by atoms with van der Waals surface area (Å²) in [5.74, 6) is -1.05. The van der Waals surface area contributed by atoms with E-state index in [0.717, 1.165) is 0 Å². The zero-order chi connectivity index (χ0) is 18.8. The zero-order valence-electron chi connectivity index (χ0n) is 13.2. The number of sulfonamides is 1. The smallest absolute Gasteiger partial charge is 0.266 e. The van der Waals surface area contributed by atoms with E-state index < -0.39 is 21.5 Å². The van der Waals surface area contributed by atoms with Crippen molar-refractivity contribution in [2.45, 2.75) is 10.1 Å². The molecule has 0 aliphatic rings. The third-order valence-corrected chi connectivity index (χ3v) is 4.80. The lowest BCUT2D eigenvalue weighted by molar-refractivity contribution is 0.0999. The summed E-state index contributed by atoms with van der Waals surface area (Å²) in [4.78, 5) is 29.4. The second-order valence-corrected chi connectivity index (χ2v) is 6.95. The molecule has 0 fully saturated rings. The predicted molar refractivity (Wildman–Crippen MR) is 93.1 cm³/mol. The lowest BCUT2D eigenvalue weighted by atomic mass is 10.2. The minimum atomic E-state index is -3.73. The Kier molecular flexibility index (Phi) is 5.35. The van der Waals surface area contributed by atoms with Crippen LogP contribution >= 0.6 is 12.6 Å². The molecule has 0 saturated carbocycles. The van der Waals surface area contributed by atoms with Gasteiger partial charge in [0.25, 0.3) is 11.5 Å². The van der Waals surface area contributed by atoms with Gasteiger partial charge in [0.15, 0.2) is 11.0 Å². The first kappa shape index (κ1) is 18.8. The van der Waals surface area contributed by atoms with E-state index in [1.165, 1.54) is 32.4 Å². The molecule has 0 saturated heterocycles. The summed E-state index contributed by atoms with van der Waals surface area (Å²) in [5.41, 5.74) is 4.38. The Bertz CT molecular complexity index is 987. The van der Waals surface area contributed by atoms with Crippen molar-refractivity contribution in [3.8, 4) is 5.75 Å². The minimum absolute atomic E-state index is 0.0288. The number of nitrogens with one attached hydrogen (secondary N) is 3. The van der Waals surface area contributed by atoms with E-state index in [9.17, 15) is 18.0 Å². The van der Waals surface area contributed by atoms with Crippen LogP contribution in [0.1, 0.15) is 10.4 Å². The second kappa shape index (κ2) is 7.13. The van der Waals surface area contributed by atoms with Crippen LogP contribution < -0.4 is 26.1 Å². The average Bonchev–Trinajstić information content (AvgIpc) is 2.53. The number of amides is 1. The molecule has 0 unspecified atom stereocenters. The van der Waals surface area contributed by atoms with Crippen LogP contribution in [0.4, 0.5) is 11.5 Å². The molecular weight excluding hydrogens is 370 g/mol. The van der Waals surface area contributed by atoms with Gasteiger partial charge in [0, 0.05) is 11.8 Å². The van der Waals surface area contributed by atoms with Gasteiger partial charge in [-0.15, -0.1) is 12.6 Å². The van der Waals surface area contributed by atoms with E-state index >= 15 is 0 Å². The molecular formula is C13H15N5O5S2. The van der Waals surface area contributed by atoms with Crippen LogP contribution in [0.5, 0.6) is 5.75 Å². The number of aromatic amines is 1. The van der Waals surface area contributed by atoms with Crippen molar-refractivity contribution in [2.24, 2.45) is 5.73 Å². The molecule has 0 atom stereocenters. The highest BCUT2D eigenvalue weighted by Gasteiger charge is 2.20. The molecule has 0 spiro atoms. The van der Waals surface area contributed by atoms with Gasteiger partial charge in [0.05, 0.1) is 7.11 Å². The molecule has 1 aromatic heterocycles. The number of hydrogen-bond acceptors (Lipinski definition) is 8. The van der Waals surface area contributed by atoms with Crippen molar-refractivity contribution < 1.29 is 17.9 Å². The predicted octanol–water partition coefficient (Wildman–Crippen LogP) is -0.182. The first-order chi connectivity index (χ1) is 11.7. The number of methoxy groups -OCH3 is 1. The highest BCUT2D eigenvalue weighted by atomic mass is 32.2. The molecule has 0 aliphatic carbocycles. The molecule has 12 heteroatoms. The number of thiol groups is 1. The first-order valence-corrected chi connectivity index (χ1v) is 8.64. The summed E-state index contributed by atoms with van der Waals surface area (Å²) in [6, 6.07) is 4.08. The molecule has 0 radical (unpaired) electrons. The maximum absolute atomic E-state index is 11.9. The van der Waals surface area contributed by atoms with Crippen molar-refractivity contribution in [3.05, 3.63) is 34.1 Å². The van der Waals surface area contributed by atoms with Crippen LogP contribution in [0.2, 0.25) is 0 Å². The van der Waals surface area contributed by atoms with Crippen molar-refractivity contribution in [1.29, 1.82) is 0 Å². The maximum Gasteiger partial charge on any atom is 0.266 e. The minimum Gasteiger partial charge on any atom is -0.495 e. The Morgan fingerprint density at radius 1 is 1.40 bits per heavy atom. The van der Waals surface area contributed by atoms with Gasteiger partial charge in [-0.3, -0.25) is 9.59 Å². The standard InChI is InChI=1S/C13H15N5O5S2/c1-15-25(21,22)8-4-3-6(5-7(8)23-2)16-11-9(10(14)19)12(20)18-13(24)17-11/h3-5,15H,1-2H3,(H2,14,19)(H3,16,17,18,20,24). The summed E-state index contributed by atoms with van der Waals surface area (Å²) in [7, 11) is -1.15. The van der Waals surface area contributed by atoms with Gasteiger partial charge in [-0.1, -0.05) is 0 Å². The molecule has 2 rings (SSSR count). The third-order valence-electron chi connectivity index (χ3n) is 3.14. The van der Waals surface area contributed by atoms with Crippen molar-refractivity contribution >= 4 is 40.1 Å². The van der Waals surface area contributed by atoms with Crippen molar-refractivity contribution in [3.63, 3.8) is 0 Å². The zero-order valence-corrected chi connectivity index (χ0v) is 14.9. The average molecular weight is 385 g/mol. The van der Waals surface area contributed by atoms with Crippen LogP contribution in [-0.2, 0) is 10.0 Å². The number of nitrogens with two attached hydrogens (primary N) is 1. The Labute approximate surface area is 148 Å².